The SMILES string of the molecule is CC(C)N(C)c1nc2c(NC3CCC(OCCCS(=O)(=O)O)CC3)ncnc2n1C. The van der Waals surface area contributed by atoms with Gasteiger partial charge in [0.05, 0.1) is 11.9 Å². The molecule has 3 rings (SSSR count). The number of anilines is 2. The van der Waals surface area contributed by atoms with Crippen LogP contribution in [0.1, 0.15) is 46.0 Å². The number of ether oxygens (including phenoxy) is 1. The summed E-state index contributed by atoms with van der Waals surface area (Å²) in [6.45, 7) is 4.58. The van der Waals surface area contributed by atoms with Gasteiger partial charge in [0, 0.05) is 32.8 Å². The first-order valence-electron chi connectivity index (χ1n) is 10.4. The fourth-order valence-electron chi connectivity index (χ4n) is 3.70. The number of hydrogen-bond donors (Lipinski definition) is 2. The van der Waals surface area contributed by atoms with Gasteiger partial charge in [-0.2, -0.15) is 8.42 Å². The van der Waals surface area contributed by atoms with Gasteiger partial charge in [-0.15, -0.1) is 0 Å². The first kappa shape index (κ1) is 22.7. The third-order valence-corrected chi connectivity index (χ3v) is 6.44. The molecule has 11 heteroatoms. The molecule has 1 aliphatic carbocycles. The highest BCUT2D eigenvalue weighted by molar-refractivity contribution is 7.85. The highest BCUT2D eigenvalue weighted by atomic mass is 32.2. The summed E-state index contributed by atoms with van der Waals surface area (Å²) < 4.78 is 38.0. The van der Waals surface area contributed by atoms with E-state index in [0.717, 1.165) is 48.6 Å². The summed E-state index contributed by atoms with van der Waals surface area (Å²) in [7, 11) is 0.0678. The summed E-state index contributed by atoms with van der Waals surface area (Å²) >= 11 is 0. The van der Waals surface area contributed by atoms with Crippen LogP contribution in [0.25, 0.3) is 11.2 Å². The average molecular weight is 441 g/mol. The fourth-order valence-corrected chi connectivity index (χ4v) is 4.18. The molecule has 0 amide bonds. The Kier molecular flexibility index (Phi) is 7.14. The molecule has 1 fully saturated rings. The first-order chi connectivity index (χ1) is 14.2. The number of rotatable bonds is 9. The van der Waals surface area contributed by atoms with Crippen LogP contribution in [0.15, 0.2) is 6.33 Å². The zero-order chi connectivity index (χ0) is 21.9. The molecule has 1 saturated carbocycles. The van der Waals surface area contributed by atoms with Crippen molar-refractivity contribution in [1.82, 2.24) is 19.5 Å². The molecule has 0 radical (unpaired) electrons. The minimum Gasteiger partial charge on any atom is -0.378 e. The van der Waals surface area contributed by atoms with E-state index in [1.165, 1.54) is 0 Å². The highest BCUT2D eigenvalue weighted by Crippen LogP contribution is 2.28. The third-order valence-electron chi connectivity index (χ3n) is 5.64. The number of fused-ring (bicyclic) bond motifs is 1. The maximum atomic E-state index is 10.8. The molecular weight excluding hydrogens is 408 g/mol. The normalized spacial score (nSPS) is 20.1. The Morgan fingerprint density at radius 2 is 2.00 bits per heavy atom. The van der Waals surface area contributed by atoms with Crippen molar-refractivity contribution in [2.75, 3.05) is 29.6 Å². The predicted molar refractivity (Wildman–Crippen MR) is 116 cm³/mol. The van der Waals surface area contributed by atoms with Crippen LogP contribution >= 0.6 is 0 Å². The molecule has 1 aliphatic rings. The second-order valence-corrected chi connectivity index (χ2v) is 9.77. The summed E-state index contributed by atoms with van der Waals surface area (Å²) in [6.07, 6.45) is 5.64. The van der Waals surface area contributed by atoms with Gasteiger partial charge in [-0.05, 0) is 46.0 Å². The minimum atomic E-state index is -3.91. The summed E-state index contributed by atoms with van der Waals surface area (Å²) in [5.74, 6) is 1.34. The van der Waals surface area contributed by atoms with Crippen LogP contribution in [0, 0.1) is 0 Å². The van der Waals surface area contributed by atoms with Crippen molar-refractivity contribution in [2.24, 2.45) is 7.05 Å². The third kappa shape index (κ3) is 5.58. The summed E-state index contributed by atoms with van der Waals surface area (Å²) in [4.78, 5) is 15.7. The Morgan fingerprint density at radius 1 is 1.30 bits per heavy atom. The van der Waals surface area contributed by atoms with Gasteiger partial charge in [-0.25, -0.2) is 15.0 Å². The molecule has 0 aromatic carbocycles. The number of aryl methyl sites for hydroxylation is 1. The van der Waals surface area contributed by atoms with Gasteiger partial charge in [0.1, 0.15) is 6.33 Å². The molecule has 2 aromatic heterocycles. The zero-order valence-corrected chi connectivity index (χ0v) is 18.9. The van der Waals surface area contributed by atoms with E-state index in [1.807, 2.05) is 18.7 Å². The van der Waals surface area contributed by atoms with E-state index in [9.17, 15) is 8.42 Å². The summed E-state index contributed by atoms with van der Waals surface area (Å²) in [5, 5.41) is 3.53. The topological polar surface area (TPSA) is 122 Å². The zero-order valence-electron chi connectivity index (χ0n) is 18.1. The maximum absolute atomic E-state index is 10.8. The van der Waals surface area contributed by atoms with E-state index in [-0.39, 0.29) is 17.9 Å². The van der Waals surface area contributed by atoms with Crippen LogP contribution in [-0.4, -0.2) is 70.1 Å². The molecule has 0 aliphatic heterocycles. The van der Waals surface area contributed by atoms with E-state index in [4.69, 9.17) is 14.3 Å². The molecule has 0 saturated heterocycles. The first-order valence-corrected chi connectivity index (χ1v) is 12.0. The van der Waals surface area contributed by atoms with E-state index in [0.29, 0.717) is 19.1 Å². The van der Waals surface area contributed by atoms with Crippen molar-refractivity contribution >= 4 is 33.0 Å². The number of nitrogens with one attached hydrogen (secondary N) is 1. The van der Waals surface area contributed by atoms with Crippen molar-refractivity contribution in [3.05, 3.63) is 6.33 Å². The number of aromatic nitrogens is 4. The lowest BCUT2D eigenvalue weighted by atomic mass is 9.93. The van der Waals surface area contributed by atoms with Crippen LogP contribution in [0.3, 0.4) is 0 Å². The molecule has 0 bridgehead atoms. The Labute approximate surface area is 177 Å². The largest absolute Gasteiger partial charge is 0.378 e. The Morgan fingerprint density at radius 3 is 2.63 bits per heavy atom. The van der Waals surface area contributed by atoms with E-state index in [2.05, 4.69) is 34.0 Å². The molecule has 10 nitrogen and oxygen atoms in total. The van der Waals surface area contributed by atoms with Gasteiger partial charge < -0.3 is 15.0 Å². The lowest BCUT2D eigenvalue weighted by Crippen LogP contribution is -2.30. The standard InChI is InChI=1S/C19H32N6O4S/c1-13(2)24(3)19-23-16-17(20-12-21-18(16)25(19)4)22-14-6-8-15(9-7-14)29-10-5-11-30(26,27)28/h12-15H,5-11H2,1-4H3,(H,20,21,22)(H,26,27,28). The molecule has 168 valence electrons. The van der Waals surface area contributed by atoms with Crippen molar-refractivity contribution in [3.8, 4) is 0 Å². The molecule has 2 N–H and O–H groups in total. The predicted octanol–water partition coefficient (Wildman–Crippen LogP) is 2.23. The van der Waals surface area contributed by atoms with Gasteiger partial charge in [0.2, 0.25) is 5.95 Å². The summed E-state index contributed by atoms with van der Waals surface area (Å²) in [5.41, 5.74) is 1.57. The fraction of sp³-hybridized carbons (Fsp3) is 0.737. The van der Waals surface area contributed by atoms with E-state index >= 15 is 0 Å². The molecule has 0 atom stereocenters. The Bertz CT molecular complexity index is 953. The van der Waals surface area contributed by atoms with Crippen molar-refractivity contribution in [1.29, 1.82) is 0 Å². The maximum Gasteiger partial charge on any atom is 0.264 e. The van der Waals surface area contributed by atoms with E-state index < -0.39 is 10.1 Å². The van der Waals surface area contributed by atoms with Crippen LogP contribution in [0.4, 0.5) is 11.8 Å². The van der Waals surface area contributed by atoms with Crippen LogP contribution < -0.4 is 10.2 Å². The molecule has 0 unspecified atom stereocenters. The Hall–Kier alpha value is -1.98. The van der Waals surface area contributed by atoms with Gasteiger partial charge >= 0.3 is 0 Å². The quantitative estimate of drug-likeness (QED) is 0.446. The number of hydrogen-bond acceptors (Lipinski definition) is 8. The lowest BCUT2D eigenvalue weighted by Gasteiger charge is -2.29. The molecule has 30 heavy (non-hydrogen) atoms. The minimum absolute atomic E-state index is 0.121. The number of imidazole rings is 1. The van der Waals surface area contributed by atoms with Gasteiger partial charge in [0.15, 0.2) is 17.0 Å². The molecule has 2 aromatic rings. The van der Waals surface area contributed by atoms with Crippen LogP contribution in [-0.2, 0) is 21.9 Å². The second-order valence-electron chi connectivity index (χ2n) is 8.20. The van der Waals surface area contributed by atoms with Crippen molar-refractivity contribution < 1.29 is 17.7 Å². The lowest BCUT2D eigenvalue weighted by molar-refractivity contribution is 0.0270. The van der Waals surface area contributed by atoms with Crippen LogP contribution in [0.5, 0.6) is 0 Å². The Balaban J connectivity index is 1.58. The van der Waals surface area contributed by atoms with Gasteiger partial charge in [0.25, 0.3) is 10.1 Å². The smallest absolute Gasteiger partial charge is 0.264 e. The number of nitrogens with zero attached hydrogens (tertiary/aromatic N) is 5. The molecule has 2 heterocycles. The highest BCUT2D eigenvalue weighted by Gasteiger charge is 2.24. The van der Waals surface area contributed by atoms with E-state index in [1.54, 1.807) is 6.33 Å². The van der Waals surface area contributed by atoms with Gasteiger partial charge in [-0.1, -0.05) is 0 Å². The van der Waals surface area contributed by atoms with Gasteiger partial charge in [-0.3, -0.25) is 9.12 Å². The van der Waals surface area contributed by atoms with Crippen LogP contribution in [0.2, 0.25) is 0 Å². The molecule has 0 spiro atoms. The summed E-state index contributed by atoms with van der Waals surface area (Å²) in [6, 6.07) is 0.590. The monoisotopic (exact) mass is 440 g/mol. The second kappa shape index (κ2) is 9.44. The average Bonchev–Trinajstić information content (AvgIpc) is 3.03. The molecular formula is C19H32N6O4S. The van der Waals surface area contributed by atoms with Crippen molar-refractivity contribution in [2.45, 2.75) is 64.1 Å². The van der Waals surface area contributed by atoms with Crippen molar-refractivity contribution in [3.63, 3.8) is 0 Å².